The standard InChI is InChI=1S/C20H22N2O5/c1-13(20(25)26)12-21-19(24)17(14-6-4-3-5-7-14)22-18(23)15-8-10-16(27-2)11-9-15/h3-11,13,17H,12H2,1-2H3,(H,21,24)(H,22,23)(H,25,26). The summed E-state index contributed by atoms with van der Waals surface area (Å²) in [5.41, 5.74) is 0.975. The lowest BCUT2D eigenvalue weighted by atomic mass is 10.0. The van der Waals surface area contributed by atoms with E-state index in [1.165, 1.54) is 14.0 Å². The molecular formula is C20H22N2O5. The van der Waals surface area contributed by atoms with Crippen molar-refractivity contribution in [3.63, 3.8) is 0 Å². The number of carboxylic acids is 1. The van der Waals surface area contributed by atoms with E-state index in [0.717, 1.165) is 0 Å². The van der Waals surface area contributed by atoms with Gasteiger partial charge in [0.15, 0.2) is 0 Å². The Morgan fingerprint density at radius 1 is 1.04 bits per heavy atom. The number of hydrogen-bond acceptors (Lipinski definition) is 4. The van der Waals surface area contributed by atoms with Gasteiger partial charge in [-0.3, -0.25) is 14.4 Å². The van der Waals surface area contributed by atoms with Crippen LogP contribution in [0, 0.1) is 5.92 Å². The minimum atomic E-state index is -1.01. The van der Waals surface area contributed by atoms with Crippen LogP contribution in [0.5, 0.6) is 5.75 Å². The Hall–Kier alpha value is -3.35. The second-order valence-electron chi connectivity index (χ2n) is 6.03. The summed E-state index contributed by atoms with van der Waals surface area (Å²) >= 11 is 0. The molecule has 0 saturated heterocycles. The zero-order chi connectivity index (χ0) is 19.8. The number of methoxy groups -OCH3 is 1. The SMILES string of the molecule is COc1ccc(C(=O)NC(C(=O)NCC(C)C(=O)O)c2ccccc2)cc1. The smallest absolute Gasteiger partial charge is 0.308 e. The summed E-state index contributed by atoms with van der Waals surface area (Å²) in [5, 5.41) is 14.2. The first-order chi connectivity index (χ1) is 12.9. The lowest BCUT2D eigenvalue weighted by Crippen LogP contribution is -2.42. The molecule has 27 heavy (non-hydrogen) atoms. The summed E-state index contributed by atoms with van der Waals surface area (Å²) in [6.45, 7) is 1.46. The Balaban J connectivity index is 2.15. The van der Waals surface area contributed by atoms with Crippen LogP contribution in [0.1, 0.15) is 28.9 Å². The maximum absolute atomic E-state index is 12.6. The predicted molar refractivity (Wildman–Crippen MR) is 99.5 cm³/mol. The maximum atomic E-state index is 12.6. The first-order valence-corrected chi connectivity index (χ1v) is 8.42. The van der Waals surface area contributed by atoms with Gasteiger partial charge < -0.3 is 20.5 Å². The molecule has 2 atom stereocenters. The summed E-state index contributed by atoms with van der Waals surface area (Å²) in [7, 11) is 1.53. The van der Waals surface area contributed by atoms with Gasteiger partial charge in [0.05, 0.1) is 13.0 Å². The topological polar surface area (TPSA) is 105 Å². The van der Waals surface area contributed by atoms with Crippen molar-refractivity contribution in [2.24, 2.45) is 5.92 Å². The number of hydrogen-bond donors (Lipinski definition) is 3. The van der Waals surface area contributed by atoms with E-state index in [4.69, 9.17) is 9.84 Å². The highest BCUT2D eigenvalue weighted by molar-refractivity contribution is 5.98. The molecule has 0 spiro atoms. The average Bonchev–Trinajstić information content (AvgIpc) is 2.70. The van der Waals surface area contributed by atoms with E-state index in [-0.39, 0.29) is 6.54 Å². The van der Waals surface area contributed by atoms with Crippen LogP contribution in [-0.4, -0.2) is 36.5 Å². The van der Waals surface area contributed by atoms with E-state index < -0.39 is 29.7 Å². The van der Waals surface area contributed by atoms with E-state index in [2.05, 4.69) is 10.6 Å². The average molecular weight is 370 g/mol. The first-order valence-electron chi connectivity index (χ1n) is 8.42. The highest BCUT2D eigenvalue weighted by Crippen LogP contribution is 2.16. The third-order valence-electron chi connectivity index (χ3n) is 4.03. The van der Waals surface area contributed by atoms with Crippen LogP contribution in [0.25, 0.3) is 0 Å². The molecule has 0 bridgehead atoms. The Kier molecular flexibility index (Phi) is 6.93. The molecule has 0 aliphatic carbocycles. The van der Waals surface area contributed by atoms with Gasteiger partial charge in [0.1, 0.15) is 11.8 Å². The normalized spacial score (nSPS) is 12.5. The van der Waals surface area contributed by atoms with E-state index in [1.54, 1.807) is 54.6 Å². The molecule has 0 aliphatic rings. The van der Waals surface area contributed by atoms with Crippen LogP contribution in [0.15, 0.2) is 54.6 Å². The second kappa shape index (κ2) is 9.38. The van der Waals surface area contributed by atoms with Gasteiger partial charge in [-0.25, -0.2) is 0 Å². The van der Waals surface area contributed by atoms with Crippen molar-refractivity contribution in [2.75, 3.05) is 13.7 Å². The van der Waals surface area contributed by atoms with Crippen molar-refractivity contribution in [3.05, 3.63) is 65.7 Å². The molecular weight excluding hydrogens is 348 g/mol. The molecule has 0 aromatic heterocycles. The zero-order valence-electron chi connectivity index (χ0n) is 15.1. The fourth-order valence-corrected chi connectivity index (χ4v) is 2.35. The van der Waals surface area contributed by atoms with Gasteiger partial charge in [-0.15, -0.1) is 0 Å². The number of carbonyl (C=O) groups excluding carboxylic acids is 2. The second-order valence-corrected chi connectivity index (χ2v) is 6.03. The number of carboxylic acid groups (broad SMARTS) is 1. The predicted octanol–water partition coefficient (Wildman–Crippen LogP) is 2.00. The molecule has 142 valence electrons. The third-order valence-corrected chi connectivity index (χ3v) is 4.03. The number of rotatable bonds is 8. The Bertz CT molecular complexity index is 790. The number of amides is 2. The first kappa shape index (κ1) is 20.0. The number of aliphatic carboxylic acids is 1. The van der Waals surface area contributed by atoms with Gasteiger partial charge >= 0.3 is 5.97 Å². The molecule has 0 radical (unpaired) electrons. The number of nitrogens with one attached hydrogen (secondary N) is 2. The van der Waals surface area contributed by atoms with Crippen LogP contribution in [0.3, 0.4) is 0 Å². The molecule has 2 unspecified atom stereocenters. The molecule has 7 heteroatoms. The molecule has 0 saturated carbocycles. The van der Waals surface area contributed by atoms with Gasteiger partial charge in [0.25, 0.3) is 5.91 Å². The van der Waals surface area contributed by atoms with E-state index in [0.29, 0.717) is 16.9 Å². The third kappa shape index (κ3) is 5.57. The molecule has 0 aliphatic heterocycles. The highest BCUT2D eigenvalue weighted by atomic mass is 16.5. The minimum absolute atomic E-state index is 0.0318. The van der Waals surface area contributed by atoms with Crippen LogP contribution in [0.2, 0.25) is 0 Å². The Morgan fingerprint density at radius 3 is 2.22 bits per heavy atom. The largest absolute Gasteiger partial charge is 0.497 e. The molecule has 0 fully saturated rings. The lowest BCUT2D eigenvalue weighted by Gasteiger charge is -2.20. The number of benzene rings is 2. The highest BCUT2D eigenvalue weighted by Gasteiger charge is 2.24. The van der Waals surface area contributed by atoms with Gasteiger partial charge in [0, 0.05) is 12.1 Å². The molecule has 0 heterocycles. The summed E-state index contributed by atoms with van der Waals surface area (Å²) in [6.07, 6.45) is 0. The Morgan fingerprint density at radius 2 is 1.67 bits per heavy atom. The minimum Gasteiger partial charge on any atom is -0.497 e. The number of carbonyl (C=O) groups is 3. The van der Waals surface area contributed by atoms with E-state index in [1.807, 2.05) is 0 Å². The van der Waals surface area contributed by atoms with Crippen LogP contribution in [-0.2, 0) is 9.59 Å². The van der Waals surface area contributed by atoms with Gasteiger partial charge in [-0.1, -0.05) is 37.3 Å². The Labute approximate surface area is 157 Å². The molecule has 2 rings (SSSR count). The lowest BCUT2D eigenvalue weighted by molar-refractivity contribution is -0.141. The van der Waals surface area contributed by atoms with Crippen molar-refractivity contribution >= 4 is 17.8 Å². The molecule has 3 N–H and O–H groups in total. The molecule has 2 aromatic carbocycles. The van der Waals surface area contributed by atoms with Crippen LogP contribution >= 0.6 is 0 Å². The number of ether oxygens (including phenoxy) is 1. The van der Waals surface area contributed by atoms with Crippen molar-refractivity contribution in [1.29, 1.82) is 0 Å². The van der Waals surface area contributed by atoms with Gasteiger partial charge in [0.2, 0.25) is 5.91 Å². The fraction of sp³-hybridized carbons (Fsp3) is 0.250. The van der Waals surface area contributed by atoms with E-state index >= 15 is 0 Å². The quantitative estimate of drug-likeness (QED) is 0.659. The fourth-order valence-electron chi connectivity index (χ4n) is 2.35. The van der Waals surface area contributed by atoms with Crippen molar-refractivity contribution < 1.29 is 24.2 Å². The van der Waals surface area contributed by atoms with Crippen LogP contribution < -0.4 is 15.4 Å². The summed E-state index contributed by atoms with van der Waals surface area (Å²) in [5.74, 6) is -2.02. The van der Waals surface area contributed by atoms with Crippen LogP contribution in [0.4, 0.5) is 0 Å². The summed E-state index contributed by atoms with van der Waals surface area (Å²) < 4.78 is 5.07. The molecule has 2 amide bonds. The summed E-state index contributed by atoms with van der Waals surface area (Å²) in [6, 6.07) is 14.3. The molecule has 2 aromatic rings. The monoisotopic (exact) mass is 370 g/mol. The van der Waals surface area contributed by atoms with E-state index in [9.17, 15) is 14.4 Å². The van der Waals surface area contributed by atoms with Crippen molar-refractivity contribution in [1.82, 2.24) is 10.6 Å². The van der Waals surface area contributed by atoms with Crippen molar-refractivity contribution in [3.8, 4) is 5.75 Å². The molecule has 7 nitrogen and oxygen atoms in total. The van der Waals surface area contributed by atoms with Gasteiger partial charge in [-0.05, 0) is 29.8 Å². The maximum Gasteiger partial charge on any atom is 0.308 e. The van der Waals surface area contributed by atoms with Gasteiger partial charge in [-0.2, -0.15) is 0 Å². The zero-order valence-corrected chi connectivity index (χ0v) is 15.1. The van der Waals surface area contributed by atoms with Crippen molar-refractivity contribution in [2.45, 2.75) is 13.0 Å². The summed E-state index contributed by atoms with van der Waals surface area (Å²) in [4.78, 5) is 36.1.